The number of hydrogen-bond donors (Lipinski definition) is 2. The highest BCUT2D eigenvalue weighted by atomic mass is 16.5. The number of ether oxygens (including phenoxy) is 1. The second kappa shape index (κ2) is 12.2. The van der Waals surface area contributed by atoms with Crippen molar-refractivity contribution in [1.82, 2.24) is 5.32 Å². The molecule has 1 amide bonds. The van der Waals surface area contributed by atoms with Crippen molar-refractivity contribution >= 4 is 17.8 Å². The molecule has 0 fully saturated rings. The molecule has 0 spiro atoms. The summed E-state index contributed by atoms with van der Waals surface area (Å²) in [7, 11) is 0. The molecule has 6 heteroatoms. The number of hydrogen-bond acceptors (Lipinski definition) is 4. The second-order valence-electron chi connectivity index (χ2n) is 7.83. The Balaban J connectivity index is 1.68. The van der Waals surface area contributed by atoms with E-state index in [2.05, 4.69) is 5.32 Å². The minimum atomic E-state index is -1.13. The van der Waals surface area contributed by atoms with Gasteiger partial charge in [0, 0.05) is 6.42 Å². The van der Waals surface area contributed by atoms with Crippen molar-refractivity contribution in [2.75, 3.05) is 0 Å². The van der Waals surface area contributed by atoms with Crippen molar-refractivity contribution in [3.05, 3.63) is 108 Å². The standard InChI is InChI=1S/C27H27NO5/c29-25(33-19-22-14-8-3-9-15-22)18-23(16-20-10-4-1-5-11-20)26(30)28-24(27(31)32)17-21-12-6-2-7-13-21/h1-15,23-24H,16-19H2,(H,28,30)(H,31,32)/t23-,24+/m1/s1. The molecule has 2 atom stereocenters. The van der Waals surface area contributed by atoms with Crippen LogP contribution in [0, 0.1) is 5.92 Å². The lowest BCUT2D eigenvalue weighted by Crippen LogP contribution is -2.45. The van der Waals surface area contributed by atoms with Gasteiger partial charge in [-0.3, -0.25) is 9.59 Å². The van der Waals surface area contributed by atoms with Gasteiger partial charge in [0.2, 0.25) is 5.91 Å². The molecule has 0 unspecified atom stereocenters. The number of carboxylic acids is 1. The van der Waals surface area contributed by atoms with E-state index in [1.165, 1.54) is 0 Å². The molecule has 3 rings (SSSR count). The van der Waals surface area contributed by atoms with Crippen molar-refractivity contribution in [3.63, 3.8) is 0 Å². The Morgan fingerprint density at radius 3 is 1.73 bits per heavy atom. The molecule has 2 N–H and O–H groups in total. The van der Waals surface area contributed by atoms with Crippen molar-refractivity contribution < 1.29 is 24.2 Å². The molecule has 0 aliphatic heterocycles. The van der Waals surface area contributed by atoms with Crippen LogP contribution in [-0.4, -0.2) is 29.0 Å². The van der Waals surface area contributed by atoms with Gasteiger partial charge < -0.3 is 15.2 Å². The molecule has 0 radical (unpaired) electrons. The summed E-state index contributed by atoms with van der Waals surface area (Å²) in [6, 6.07) is 26.6. The fourth-order valence-corrected chi connectivity index (χ4v) is 3.49. The summed E-state index contributed by atoms with van der Waals surface area (Å²) < 4.78 is 5.36. The molecule has 3 aromatic carbocycles. The van der Waals surface area contributed by atoms with Crippen LogP contribution in [0.2, 0.25) is 0 Å². The number of esters is 1. The van der Waals surface area contributed by atoms with Gasteiger partial charge in [-0.25, -0.2) is 4.79 Å². The number of amides is 1. The van der Waals surface area contributed by atoms with Crippen molar-refractivity contribution in [2.45, 2.75) is 31.9 Å². The Bertz CT molecular complexity index is 1040. The van der Waals surface area contributed by atoms with Crippen LogP contribution in [0.1, 0.15) is 23.1 Å². The van der Waals surface area contributed by atoms with Gasteiger partial charge in [-0.15, -0.1) is 0 Å². The number of nitrogens with one attached hydrogen (secondary N) is 1. The lowest BCUT2D eigenvalue weighted by atomic mass is 9.94. The zero-order chi connectivity index (χ0) is 23.5. The average molecular weight is 446 g/mol. The van der Waals surface area contributed by atoms with Gasteiger partial charge in [0.1, 0.15) is 12.6 Å². The molecule has 170 valence electrons. The summed E-state index contributed by atoms with van der Waals surface area (Å²) in [5.41, 5.74) is 2.53. The first-order valence-corrected chi connectivity index (χ1v) is 10.8. The van der Waals surface area contributed by atoms with Crippen LogP contribution >= 0.6 is 0 Å². The highest BCUT2D eigenvalue weighted by Crippen LogP contribution is 2.16. The van der Waals surface area contributed by atoms with Crippen LogP contribution in [0.15, 0.2) is 91.0 Å². The van der Waals surface area contributed by atoms with Crippen molar-refractivity contribution in [2.24, 2.45) is 5.92 Å². The average Bonchev–Trinajstić information content (AvgIpc) is 2.84. The van der Waals surface area contributed by atoms with Crippen molar-refractivity contribution in [1.29, 1.82) is 0 Å². The van der Waals surface area contributed by atoms with E-state index in [0.717, 1.165) is 16.7 Å². The van der Waals surface area contributed by atoms with Gasteiger partial charge in [0.05, 0.1) is 12.3 Å². The summed E-state index contributed by atoms with van der Waals surface area (Å²) in [6.45, 7) is 0.116. The molecule has 0 bridgehead atoms. The number of aliphatic carboxylic acids is 1. The molecule has 3 aromatic rings. The molecule has 0 saturated heterocycles. The zero-order valence-corrected chi connectivity index (χ0v) is 18.2. The molecule has 0 aromatic heterocycles. The van der Waals surface area contributed by atoms with Crippen LogP contribution in [0.25, 0.3) is 0 Å². The van der Waals surface area contributed by atoms with Crippen LogP contribution in [0.3, 0.4) is 0 Å². The summed E-state index contributed by atoms with van der Waals surface area (Å²) in [4.78, 5) is 37.4. The van der Waals surface area contributed by atoms with E-state index in [4.69, 9.17) is 4.74 Å². The topological polar surface area (TPSA) is 92.7 Å². The van der Waals surface area contributed by atoms with Crippen molar-refractivity contribution in [3.8, 4) is 0 Å². The molecular formula is C27H27NO5. The lowest BCUT2D eigenvalue weighted by Gasteiger charge is -2.20. The second-order valence-corrected chi connectivity index (χ2v) is 7.83. The van der Waals surface area contributed by atoms with E-state index in [-0.39, 0.29) is 19.4 Å². The Labute approximate surface area is 193 Å². The van der Waals surface area contributed by atoms with Crippen LogP contribution in [0.4, 0.5) is 0 Å². The van der Waals surface area contributed by atoms with Gasteiger partial charge >= 0.3 is 11.9 Å². The maximum Gasteiger partial charge on any atom is 0.326 e. The molecule has 0 aliphatic carbocycles. The highest BCUT2D eigenvalue weighted by molar-refractivity contribution is 5.88. The summed E-state index contributed by atoms with van der Waals surface area (Å²) in [5.74, 6) is -2.88. The van der Waals surface area contributed by atoms with Crippen LogP contribution in [-0.2, 0) is 38.6 Å². The molecule has 0 heterocycles. The van der Waals surface area contributed by atoms with Gasteiger partial charge in [-0.05, 0) is 23.1 Å². The van der Waals surface area contributed by atoms with Crippen LogP contribution in [0.5, 0.6) is 0 Å². The molecular weight excluding hydrogens is 418 g/mol. The SMILES string of the molecule is O=C(C[C@@H](Cc1ccccc1)C(=O)N[C@@H](Cc1ccccc1)C(=O)O)OCc1ccccc1. The summed E-state index contributed by atoms with van der Waals surface area (Å²) in [6.07, 6.45) is 0.300. The van der Waals surface area contributed by atoms with Gasteiger partial charge in [-0.1, -0.05) is 91.0 Å². The molecule has 6 nitrogen and oxygen atoms in total. The Kier molecular flexibility index (Phi) is 8.77. The predicted octanol–water partition coefficient (Wildman–Crippen LogP) is 3.79. The van der Waals surface area contributed by atoms with E-state index in [0.29, 0.717) is 6.42 Å². The van der Waals surface area contributed by atoms with E-state index in [9.17, 15) is 19.5 Å². The van der Waals surface area contributed by atoms with E-state index in [1.807, 2.05) is 91.0 Å². The quantitative estimate of drug-likeness (QED) is 0.438. The highest BCUT2D eigenvalue weighted by Gasteiger charge is 2.28. The first kappa shape index (κ1) is 23.7. The van der Waals surface area contributed by atoms with Crippen LogP contribution < -0.4 is 5.32 Å². The fourth-order valence-electron chi connectivity index (χ4n) is 3.49. The normalized spacial score (nSPS) is 12.4. The van der Waals surface area contributed by atoms with Gasteiger partial charge in [-0.2, -0.15) is 0 Å². The smallest absolute Gasteiger partial charge is 0.326 e. The Morgan fingerprint density at radius 2 is 1.21 bits per heavy atom. The monoisotopic (exact) mass is 445 g/mol. The first-order chi connectivity index (χ1) is 16.0. The first-order valence-electron chi connectivity index (χ1n) is 10.8. The predicted molar refractivity (Wildman–Crippen MR) is 124 cm³/mol. The van der Waals surface area contributed by atoms with Gasteiger partial charge in [0.25, 0.3) is 0 Å². The number of carboxylic acid groups (broad SMARTS) is 1. The van der Waals surface area contributed by atoms with E-state index in [1.54, 1.807) is 0 Å². The number of carbonyl (C=O) groups is 3. The lowest BCUT2D eigenvalue weighted by molar-refractivity contribution is -0.148. The van der Waals surface area contributed by atoms with E-state index >= 15 is 0 Å². The maximum atomic E-state index is 13.1. The number of benzene rings is 3. The number of carbonyl (C=O) groups excluding carboxylic acids is 2. The molecule has 33 heavy (non-hydrogen) atoms. The Hall–Kier alpha value is -3.93. The number of rotatable bonds is 11. The third kappa shape index (κ3) is 7.92. The summed E-state index contributed by atoms with van der Waals surface area (Å²) >= 11 is 0. The minimum Gasteiger partial charge on any atom is -0.480 e. The Morgan fingerprint density at radius 1 is 0.727 bits per heavy atom. The van der Waals surface area contributed by atoms with Gasteiger partial charge in [0.15, 0.2) is 0 Å². The largest absolute Gasteiger partial charge is 0.480 e. The minimum absolute atomic E-state index is 0.116. The zero-order valence-electron chi connectivity index (χ0n) is 18.2. The molecule has 0 aliphatic rings. The third-order valence-corrected chi connectivity index (χ3v) is 5.25. The fraction of sp³-hybridized carbons (Fsp3) is 0.222. The maximum absolute atomic E-state index is 13.1. The third-order valence-electron chi connectivity index (χ3n) is 5.25. The summed E-state index contributed by atoms with van der Waals surface area (Å²) in [5, 5.41) is 12.3. The molecule has 0 saturated carbocycles. The van der Waals surface area contributed by atoms with E-state index < -0.39 is 29.8 Å².